The van der Waals surface area contributed by atoms with Gasteiger partial charge in [0.2, 0.25) is 5.91 Å². The van der Waals surface area contributed by atoms with Crippen LogP contribution in [0.2, 0.25) is 0 Å². The van der Waals surface area contributed by atoms with E-state index in [-0.39, 0.29) is 5.91 Å². The normalized spacial score (nSPS) is 9.94. The predicted octanol–water partition coefficient (Wildman–Crippen LogP) is 2.33. The molecule has 0 heterocycles. The maximum Gasteiger partial charge on any atom is 0.219 e. The van der Waals surface area contributed by atoms with Crippen LogP contribution >= 0.6 is 0 Å². The highest BCUT2D eigenvalue weighted by atomic mass is 16.5. The summed E-state index contributed by atoms with van der Waals surface area (Å²) >= 11 is 0. The van der Waals surface area contributed by atoms with Crippen LogP contribution in [0.3, 0.4) is 0 Å². The summed E-state index contributed by atoms with van der Waals surface area (Å²) in [7, 11) is 1.61. The fourth-order valence-electron chi connectivity index (χ4n) is 1.70. The van der Waals surface area contributed by atoms with Crippen LogP contribution in [0.4, 0.5) is 0 Å². The molecule has 0 saturated heterocycles. The molecule has 1 aromatic rings. The third-order valence-corrected chi connectivity index (χ3v) is 2.63. The van der Waals surface area contributed by atoms with Crippen molar-refractivity contribution in [3.8, 4) is 11.5 Å². The molecule has 0 aromatic heterocycles. The van der Waals surface area contributed by atoms with Crippen LogP contribution in [0.15, 0.2) is 24.3 Å². The van der Waals surface area contributed by atoms with E-state index in [4.69, 9.17) is 9.47 Å². The third kappa shape index (κ3) is 4.28. The number of methoxy groups -OCH3 is 1. The number of rotatable bonds is 7. The van der Waals surface area contributed by atoms with E-state index in [1.807, 2.05) is 24.3 Å². The van der Waals surface area contributed by atoms with Gasteiger partial charge in [0.05, 0.1) is 13.7 Å². The Morgan fingerprint density at radius 3 is 2.44 bits per heavy atom. The predicted molar refractivity (Wildman–Crippen MR) is 71.0 cm³/mol. The number of nitrogens with zero attached hydrogens (tertiary/aromatic N) is 1. The summed E-state index contributed by atoms with van der Waals surface area (Å²) in [6.07, 6.45) is 0.953. The van der Waals surface area contributed by atoms with Gasteiger partial charge in [0.25, 0.3) is 0 Å². The van der Waals surface area contributed by atoms with Crippen LogP contribution in [0.1, 0.15) is 20.3 Å². The average Bonchev–Trinajstić information content (AvgIpc) is 2.38. The Morgan fingerprint density at radius 2 is 1.89 bits per heavy atom. The highest BCUT2D eigenvalue weighted by molar-refractivity contribution is 5.73. The molecule has 4 nitrogen and oxygen atoms in total. The molecule has 1 aromatic carbocycles. The number of hydrogen-bond acceptors (Lipinski definition) is 3. The zero-order valence-electron chi connectivity index (χ0n) is 11.3. The standard InChI is InChI=1S/C14H21NO3/c1-4-9-15(12(2)16)10-11-18-14-8-6-5-7-13(14)17-3/h5-8H,4,9-11H2,1-3H3. The molecule has 18 heavy (non-hydrogen) atoms. The molecular formula is C14H21NO3. The lowest BCUT2D eigenvalue weighted by molar-refractivity contribution is -0.129. The highest BCUT2D eigenvalue weighted by Crippen LogP contribution is 2.25. The quantitative estimate of drug-likeness (QED) is 0.746. The summed E-state index contributed by atoms with van der Waals surface area (Å²) in [5.41, 5.74) is 0. The summed E-state index contributed by atoms with van der Waals surface area (Å²) in [5, 5.41) is 0. The van der Waals surface area contributed by atoms with Gasteiger partial charge in [0.1, 0.15) is 6.61 Å². The van der Waals surface area contributed by atoms with Crippen molar-refractivity contribution in [3.63, 3.8) is 0 Å². The summed E-state index contributed by atoms with van der Waals surface area (Å²) in [4.78, 5) is 13.1. The van der Waals surface area contributed by atoms with E-state index in [1.54, 1.807) is 18.9 Å². The van der Waals surface area contributed by atoms with Crippen LogP contribution in [0.5, 0.6) is 11.5 Å². The molecule has 0 spiro atoms. The van der Waals surface area contributed by atoms with Crippen LogP contribution in [-0.2, 0) is 4.79 Å². The molecular weight excluding hydrogens is 230 g/mol. The van der Waals surface area contributed by atoms with Crippen LogP contribution in [-0.4, -0.2) is 37.6 Å². The number of ether oxygens (including phenoxy) is 2. The van der Waals surface area contributed by atoms with Gasteiger partial charge in [0.15, 0.2) is 11.5 Å². The molecule has 0 aliphatic carbocycles. The number of amides is 1. The Kier molecular flexibility index (Phi) is 6.05. The summed E-state index contributed by atoms with van der Waals surface area (Å²) in [6.45, 7) is 5.47. The molecule has 1 rings (SSSR count). The summed E-state index contributed by atoms with van der Waals surface area (Å²) < 4.78 is 10.8. The first kappa shape index (κ1) is 14.4. The van der Waals surface area contributed by atoms with Crippen LogP contribution in [0.25, 0.3) is 0 Å². The summed E-state index contributed by atoms with van der Waals surface area (Å²) in [6, 6.07) is 7.50. The molecule has 0 N–H and O–H groups in total. The van der Waals surface area contributed by atoms with Crippen molar-refractivity contribution < 1.29 is 14.3 Å². The fourth-order valence-corrected chi connectivity index (χ4v) is 1.70. The Morgan fingerprint density at radius 1 is 1.22 bits per heavy atom. The molecule has 0 aliphatic rings. The lowest BCUT2D eigenvalue weighted by Crippen LogP contribution is -2.33. The Bertz CT molecular complexity index is 379. The van der Waals surface area contributed by atoms with E-state index >= 15 is 0 Å². The van der Waals surface area contributed by atoms with Crippen molar-refractivity contribution >= 4 is 5.91 Å². The molecule has 0 aliphatic heterocycles. The molecule has 0 fully saturated rings. The second-order valence-corrected chi connectivity index (χ2v) is 4.01. The van der Waals surface area contributed by atoms with Crippen molar-refractivity contribution in [2.45, 2.75) is 20.3 Å². The topological polar surface area (TPSA) is 38.8 Å². The molecule has 0 bridgehead atoms. The van der Waals surface area contributed by atoms with E-state index in [1.165, 1.54) is 0 Å². The number of carbonyl (C=O) groups is 1. The van der Waals surface area contributed by atoms with Crippen molar-refractivity contribution in [2.75, 3.05) is 26.8 Å². The van der Waals surface area contributed by atoms with Gasteiger partial charge in [-0.25, -0.2) is 0 Å². The first-order valence-electron chi connectivity index (χ1n) is 6.20. The van der Waals surface area contributed by atoms with Gasteiger partial charge >= 0.3 is 0 Å². The van der Waals surface area contributed by atoms with Gasteiger partial charge in [-0.15, -0.1) is 0 Å². The fraction of sp³-hybridized carbons (Fsp3) is 0.500. The third-order valence-electron chi connectivity index (χ3n) is 2.63. The second-order valence-electron chi connectivity index (χ2n) is 4.01. The zero-order chi connectivity index (χ0) is 13.4. The zero-order valence-corrected chi connectivity index (χ0v) is 11.3. The van der Waals surface area contributed by atoms with Gasteiger partial charge in [0, 0.05) is 13.5 Å². The Balaban J connectivity index is 2.47. The van der Waals surface area contributed by atoms with E-state index in [2.05, 4.69) is 6.92 Å². The van der Waals surface area contributed by atoms with E-state index in [9.17, 15) is 4.79 Å². The molecule has 1 amide bonds. The minimum Gasteiger partial charge on any atom is -0.493 e. The molecule has 4 heteroatoms. The summed E-state index contributed by atoms with van der Waals surface area (Å²) in [5.74, 6) is 1.50. The number of benzene rings is 1. The molecule has 0 radical (unpaired) electrons. The monoisotopic (exact) mass is 251 g/mol. The number of hydrogen-bond donors (Lipinski definition) is 0. The van der Waals surface area contributed by atoms with E-state index in [0.29, 0.717) is 24.7 Å². The highest BCUT2D eigenvalue weighted by Gasteiger charge is 2.08. The first-order valence-corrected chi connectivity index (χ1v) is 6.20. The van der Waals surface area contributed by atoms with E-state index in [0.717, 1.165) is 13.0 Å². The lowest BCUT2D eigenvalue weighted by atomic mass is 10.3. The minimum absolute atomic E-state index is 0.0838. The minimum atomic E-state index is 0.0838. The van der Waals surface area contributed by atoms with Crippen molar-refractivity contribution in [1.82, 2.24) is 4.90 Å². The Hall–Kier alpha value is -1.71. The molecule has 0 saturated carbocycles. The molecule has 100 valence electrons. The molecule has 0 unspecified atom stereocenters. The average molecular weight is 251 g/mol. The van der Waals surface area contributed by atoms with Gasteiger partial charge in [-0.05, 0) is 18.6 Å². The van der Waals surface area contributed by atoms with Crippen molar-refractivity contribution in [2.24, 2.45) is 0 Å². The lowest BCUT2D eigenvalue weighted by Gasteiger charge is -2.20. The number of carbonyl (C=O) groups excluding carboxylic acids is 1. The van der Waals surface area contributed by atoms with Crippen molar-refractivity contribution in [1.29, 1.82) is 0 Å². The first-order chi connectivity index (χ1) is 8.69. The van der Waals surface area contributed by atoms with Gasteiger partial charge < -0.3 is 14.4 Å². The Labute approximate surface area is 108 Å². The SMILES string of the molecule is CCCN(CCOc1ccccc1OC)C(C)=O. The van der Waals surface area contributed by atoms with Crippen LogP contribution < -0.4 is 9.47 Å². The molecule has 0 atom stereocenters. The smallest absolute Gasteiger partial charge is 0.219 e. The largest absolute Gasteiger partial charge is 0.493 e. The maximum atomic E-state index is 11.3. The van der Waals surface area contributed by atoms with Gasteiger partial charge in [-0.1, -0.05) is 19.1 Å². The maximum absolute atomic E-state index is 11.3. The second kappa shape index (κ2) is 7.58. The van der Waals surface area contributed by atoms with Gasteiger partial charge in [-0.2, -0.15) is 0 Å². The van der Waals surface area contributed by atoms with Crippen LogP contribution in [0, 0.1) is 0 Å². The number of para-hydroxylation sites is 2. The van der Waals surface area contributed by atoms with Crippen molar-refractivity contribution in [3.05, 3.63) is 24.3 Å². The van der Waals surface area contributed by atoms with Gasteiger partial charge in [-0.3, -0.25) is 4.79 Å². The van der Waals surface area contributed by atoms with E-state index < -0.39 is 0 Å².